The third-order valence-electron chi connectivity index (χ3n) is 3.69. The lowest BCUT2D eigenvalue weighted by molar-refractivity contribution is -0.123. The third-order valence-corrected chi connectivity index (χ3v) is 3.69. The summed E-state index contributed by atoms with van der Waals surface area (Å²) in [6.45, 7) is 3.35. The molecule has 1 N–H and O–H groups in total. The van der Waals surface area contributed by atoms with Crippen molar-refractivity contribution in [2.24, 2.45) is 0 Å². The first-order valence-corrected chi connectivity index (χ1v) is 8.11. The largest absolute Gasteiger partial charge is 0.449 e. The van der Waals surface area contributed by atoms with Crippen LogP contribution in [0.15, 0.2) is 48.5 Å². The number of ketones is 1. The average molecular weight is 355 g/mol. The minimum Gasteiger partial charge on any atom is -0.449 e. The van der Waals surface area contributed by atoms with Gasteiger partial charge in [0.25, 0.3) is 5.91 Å². The number of hydrogen-bond donors (Lipinski definition) is 1. The Bertz CT molecular complexity index is 798. The van der Waals surface area contributed by atoms with Gasteiger partial charge in [-0.2, -0.15) is 0 Å². The van der Waals surface area contributed by atoms with Crippen LogP contribution in [-0.2, 0) is 20.9 Å². The van der Waals surface area contributed by atoms with Gasteiger partial charge in [-0.25, -0.2) is 4.79 Å². The third kappa shape index (κ3) is 5.26. The summed E-state index contributed by atoms with van der Waals surface area (Å²) in [7, 11) is 1.57. The topological polar surface area (TPSA) is 81.7 Å². The number of amides is 1. The van der Waals surface area contributed by atoms with Crippen LogP contribution in [0, 0.1) is 0 Å². The predicted octanol–water partition coefficient (Wildman–Crippen LogP) is 3.22. The van der Waals surface area contributed by atoms with Crippen molar-refractivity contribution in [3.05, 3.63) is 65.2 Å². The SMILES string of the molecule is COCc1cccc(C(=O)O[C@H](C)C(=O)Nc2ccc(C(C)=O)cc2)c1. The molecule has 0 radical (unpaired) electrons. The minimum atomic E-state index is -0.971. The molecule has 2 aromatic rings. The highest BCUT2D eigenvalue weighted by atomic mass is 16.5. The normalized spacial score (nSPS) is 11.5. The maximum atomic E-state index is 12.2. The van der Waals surface area contributed by atoms with Crippen molar-refractivity contribution in [2.45, 2.75) is 26.6 Å². The van der Waals surface area contributed by atoms with E-state index < -0.39 is 18.0 Å². The summed E-state index contributed by atoms with van der Waals surface area (Å²) in [6.07, 6.45) is -0.971. The minimum absolute atomic E-state index is 0.0547. The van der Waals surface area contributed by atoms with E-state index in [0.29, 0.717) is 23.4 Å². The molecule has 0 aliphatic carbocycles. The quantitative estimate of drug-likeness (QED) is 0.609. The molecule has 0 aliphatic heterocycles. The fraction of sp³-hybridized carbons (Fsp3) is 0.250. The molecule has 2 aromatic carbocycles. The van der Waals surface area contributed by atoms with Gasteiger partial charge in [-0.15, -0.1) is 0 Å². The summed E-state index contributed by atoms with van der Waals surface area (Å²) in [5, 5.41) is 2.65. The molecule has 2 rings (SSSR count). The van der Waals surface area contributed by atoms with Crippen molar-refractivity contribution in [3.8, 4) is 0 Å². The van der Waals surface area contributed by atoms with Crippen molar-refractivity contribution in [3.63, 3.8) is 0 Å². The molecular formula is C20H21NO5. The van der Waals surface area contributed by atoms with E-state index in [9.17, 15) is 14.4 Å². The van der Waals surface area contributed by atoms with Gasteiger partial charge in [0, 0.05) is 18.4 Å². The Balaban J connectivity index is 1.96. The van der Waals surface area contributed by atoms with Crippen LogP contribution in [0.25, 0.3) is 0 Å². The number of Topliss-reactive ketones (excluding diaryl/α,β-unsaturated/α-hetero) is 1. The molecule has 0 fully saturated rings. The van der Waals surface area contributed by atoms with Crippen LogP contribution in [0.4, 0.5) is 5.69 Å². The number of rotatable bonds is 7. The van der Waals surface area contributed by atoms with E-state index in [1.165, 1.54) is 13.8 Å². The molecule has 26 heavy (non-hydrogen) atoms. The van der Waals surface area contributed by atoms with E-state index in [1.807, 2.05) is 6.07 Å². The average Bonchev–Trinajstić information content (AvgIpc) is 2.62. The zero-order valence-corrected chi connectivity index (χ0v) is 14.9. The number of anilines is 1. The monoisotopic (exact) mass is 355 g/mol. The van der Waals surface area contributed by atoms with Gasteiger partial charge in [-0.05, 0) is 55.8 Å². The molecular weight excluding hydrogens is 334 g/mol. The lowest BCUT2D eigenvalue weighted by Gasteiger charge is -2.14. The highest BCUT2D eigenvalue weighted by Gasteiger charge is 2.19. The van der Waals surface area contributed by atoms with Gasteiger partial charge in [0.05, 0.1) is 12.2 Å². The molecule has 6 nitrogen and oxygen atoms in total. The fourth-order valence-corrected chi connectivity index (χ4v) is 2.27. The lowest BCUT2D eigenvalue weighted by atomic mass is 10.1. The Morgan fingerprint density at radius 1 is 1.04 bits per heavy atom. The van der Waals surface area contributed by atoms with Gasteiger partial charge >= 0.3 is 5.97 Å². The molecule has 1 atom stereocenters. The van der Waals surface area contributed by atoms with E-state index in [1.54, 1.807) is 49.6 Å². The van der Waals surface area contributed by atoms with Crippen LogP contribution in [0.2, 0.25) is 0 Å². The fourth-order valence-electron chi connectivity index (χ4n) is 2.27. The summed E-state index contributed by atoms with van der Waals surface area (Å²) < 4.78 is 10.3. The van der Waals surface area contributed by atoms with Crippen molar-refractivity contribution in [1.82, 2.24) is 0 Å². The number of benzene rings is 2. The molecule has 0 heterocycles. The maximum Gasteiger partial charge on any atom is 0.338 e. The Morgan fingerprint density at radius 3 is 2.35 bits per heavy atom. The number of carbonyl (C=O) groups is 3. The van der Waals surface area contributed by atoms with Crippen LogP contribution >= 0.6 is 0 Å². The summed E-state index contributed by atoms with van der Waals surface area (Å²) in [5.41, 5.74) is 2.26. The van der Waals surface area contributed by atoms with Crippen LogP contribution in [0.1, 0.15) is 40.1 Å². The van der Waals surface area contributed by atoms with Gasteiger partial charge in [-0.3, -0.25) is 9.59 Å². The zero-order chi connectivity index (χ0) is 19.1. The molecule has 1 amide bonds. The van der Waals surface area contributed by atoms with Gasteiger partial charge in [0.15, 0.2) is 11.9 Å². The number of nitrogens with one attached hydrogen (secondary N) is 1. The van der Waals surface area contributed by atoms with Crippen LogP contribution in [-0.4, -0.2) is 30.9 Å². The van der Waals surface area contributed by atoms with Crippen LogP contribution in [0.5, 0.6) is 0 Å². The molecule has 0 aromatic heterocycles. The highest BCUT2D eigenvalue weighted by molar-refractivity contribution is 5.98. The standard InChI is InChI=1S/C20H21NO5/c1-13(22)16-7-9-18(10-8-16)21-19(23)14(2)26-20(24)17-6-4-5-15(11-17)12-25-3/h4-11,14H,12H2,1-3H3,(H,21,23)/t14-/m1/s1. The molecule has 0 saturated carbocycles. The van der Waals surface area contributed by atoms with Crippen molar-refractivity contribution >= 4 is 23.3 Å². The predicted molar refractivity (Wildman–Crippen MR) is 97.1 cm³/mol. The summed E-state index contributed by atoms with van der Waals surface area (Å²) >= 11 is 0. The highest BCUT2D eigenvalue weighted by Crippen LogP contribution is 2.13. The number of esters is 1. The van der Waals surface area contributed by atoms with Crippen molar-refractivity contribution in [1.29, 1.82) is 0 Å². The van der Waals surface area contributed by atoms with Crippen molar-refractivity contribution < 1.29 is 23.9 Å². The van der Waals surface area contributed by atoms with E-state index >= 15 is 0 Å². The first-order valence-electron chi connectivity index (χ1n) is 8.11. The zero-order valence-electron chi connectivity index (χ0n) is 14.9. The van der Waals surface area contributed by atoms with E-state index in [-0.39, 0.29) is 5.78 Å². The Morgan fingerprint density at radius 2 is 1.73 bits per heavy atom. The number of hydrogen-bond acceptors (Lipinski definition) is 5. The second-order valence-electron chi connectivity index (χ2n) is 5.80. The van der Waals surface area contributed by atoms with Gasteiger partial charge in [0.1, 0.15) is 0 Å². The van der Waals surface area contributed by atoms with Gasteiger partial charge in [0.2, 0.25) is 0 Å². The number of carbonyl (C=O) groups excluding carboxylic acids is 3. The first kappa shape index (κ1) is 19.3. The van der Waals surface area contributed by atoms with E-state index in [0.717, 1.165) is 5.56 Å². The van der Waals surface area contributed by atoms with Crippen LogP contribution in [0.3, 0.4) is 0 Å². The smallest absolute Gasteiger partial charge is 0.338 e. The second-order valence-corrected chi connectivity index (χ2v) is 5.80. The Kier molecular flexibility index (Phi) is 6.63. The molecule has 6 heteroatoms. The molecule has 0 saturated heterocycles. The van der Waals surface area contributed by atoms with Gasteiger partial charge < -0.3 is 14.8 Å². The van der Waals surface area contributed by atoms with Gasteiger partial charge in [-0.1, -0.05) is 12.1 Å². The first-order chi connectivity index (χ1) is 12.4. The molecule has 136 valence electrons. The summed E-state index contributed by atoms with van der Waals surface area (Å²) in [5.74, 6) is -1.10. The van der Waals surface area contributed by atoms with E-state index in [4.69, 9.17) is 9.47 Å². The van der Waals surface area contributed by atoms with Crippen molar-refractivity contribution in [2.75, 3.05) is 12.4 Å². The number of ether oxygens (including phenoxy) is 2. The summed E-state index contributed by atoms with van der Waals surface area (Å²) in [4.78, 5) is 35.7. The summed E-state index contributed by atoms with van der Waals surface area (Å²) in [6, 6.07) is 13.3. The molecule has 0 unspecified atom stereocenters. The number of methoxy groups -OCH3 is 1. The second kappa shape index (κ2) is 8.92. The Labute approximate surface area is 152 Å². The Hall–Kier alpha value is -2.99. The molecule has 0 bridgehead atoms. The maximum absolute atomic E-state index is 12.2. The lowest BCUT2D eigenvalue weighted by Crippen LogP contribution is -2.30. The molecule has 0 aliphatic rings. The molecule has 0 spiro atoms. The van der Waals surface area contributed by atoms with Crippen LogP contribution < -0.4 is 5.32 Å². The van der Waals surface area contributed by atoms with E-state index in [2.05, 4.69) is 5.32 Å².